The van der Waals surface area contributed by atoms with Crippen molar-refractivity contribution in [1.29, 1.82) is 0 Å². The van der Waals surface area contributed by atoms with Crippen LogP contribution >= 0.6 is 0 Å². The number of hydrogen-bond donors (Lipinski definition) is 3. The minimum absolute atomic E-state index is 0.0435. The molecule has 0 aromatic carbocycles. The fourth-order valence-corrected chi connectivity index (χ4v) is 3.71. The molecule has 1 aliphatic rings. The number of amides is 4. The van der Waals surface area contributed by atoms with Crippen LogP contribution in [-0.4, -0.2) is 83.9 Å². The van der Waals surface area contributed by atoms with Crippen molar-refractivity contribution >= 4 is 24.1 Å². The summed E-state index contributed by atoms with van der Waals surface area (Å²) in [6.07, 6.45) is 3.53. The third kappa shape index (κ3) is 7.34. The summed E-state index contributed by atoms with van der Waals surface area (Å²) in [5.74, 6) is -0.625. The van der Waals surface area contributed by atoms with Crippen LogP contribution < -0.4 is 10.6 Å². The highest BCUT2D eigenvalue weighted by Crippen LogP contribution is 2.22. The van der Waals surface area contributed by atoms with Gasteiger partial charge >= 0.3 is 0 Å². The van der Waals surface area contributed by atoms with Crippen LogP contribution in [0.15, 0.2) is 11.6 Å². The van der Waals surface area contributed by atoms with Gasteiger partial charge in [0, 0.05) is 19.2 Å². The van der Waals surface area contributed by atoms with Gasteiger partial charge in [0.1, 0.15) is 6.04 Å². The Morgan fingerprint density at radius 2 is 1.84 bits per heavy atom. The summed E-state index contributed by atoms with van der Waals surface area (Å²) in [7, 11) is 1.64. The molecule has 0 saturated carbocycles. The van der Waals surface area contributed by atoms with E-state index in [-0.39, 0.29) is 54.8 Å². The number of aliphatic hydroxyl groups excluding tert-OH is 1. The first-order chi connectivity index (χ1) is 14.5. The molecular weight excluding hydrogens is 400 g/mol. The van der Waals surface area contributed by atoms with E-state index in [2.05, 4.69) is 10.6 Å². The van der Waals surface area contributed by atoms with E-state index in [4.69, 9.17) is 0 Å². The van der Waals surface area contributed by atoms with E-state index < -0.39 is 6.04 Å². The molecule has 0 radical (unpaired) electrons. The molecule has 4 amide bonds. The first-order valence-corrected chi connectivity index (χ1v) is 10.9. The average Bonchev–Trinajstić information content (AvgIpc) is 3.22. The summed E-state index contributed by atoms with van der Waals surface area (Å²) < 4.78 is 0. The van der Waals surface area contributed by atoms with Crippen LogP contribution in [0.2, 0.25) is 0 Å². The molecule has 0 bridgehead atoms. The van der Waals surface area contributed by atoms with Crippen molar-refractivity contribution in [2.75, 3.05) is 26.7 Å². The molecule has 3 N–H and O–H groups in total. The zero-order valence-corrected chi connectivity index (χ0v) is 19.6. The van der Waals surface area contributed by atoms with Gasteiger partial charge in [0.25, 0.3) is 0 Å². The SMILES string of the molecule is CC(=CC(C(C)C)N(C)C(=O)CNC=O)C(=O)N1CCC[C@H]1C(=O)NC(CO)C(C)C. The molecule has 0 aliphatic carbocycles. The molecule has 1 fully saturated rings. The Morgan fingerprint density at radius 3 is 2.35 bits per heavy atom. The Bertz CT molecular complexity index is 677. The summed E-state index contributed by atoms with van der Waals surface area (Å²) in [6.45, 7) is 9.64. The quantitative estimate of drug-likeness (QED) is 0.316. The second kappa shape index (κ2) is 12.4. The van der Waals surface area contributed by atoms with Crippen LogP contribution in [0.25, 0.3) is 0 Å². The highest BCUT2D eigenvalue weighted by Gasteiger charge is 2.36. The molecular formula is C22H38N4O5. The number of hydrogen-bond acceptors (Lipinski definition) is 5. The molecule has 2 unspecified atom stereocenters. The molecule has 31 heavy (non-hydrogen) atoms. The van der Waals surface area contributed by atoms with Gasteiger partial charge in [0.2, 0.25) is 24.1 Å². The Kier molecular flexibility index (Phi) is 10.7. The Balaban J connectivity index is 2.96. The molecule has 1 rings (SSSR count). The van der Waals surface area contributed by atoms with Gasteiger partial charge in [0.15, 0.2) is 0 Å². The highest BCUT2D eigenvalue weighted by molar-refractivity contribution is 5.97. The van der Waals surface area contributed by atoms with E-state index in [1.807, 2.05) is 27.7 Å². The van der Waals surface area contributed by atoms with Crippen molar-refractivity contribution < 1.29 is 24.3 Å². The van der Waals surface area contributed by atoms with Gasteiger partial charge in [-0.25, -0.2) is 0 Å². The molecule has 1 heterocycles. The van der Waals surface area contributed by atoms with Gasteiger partial charge in [-0.15, -0.1) is 0 Å². The number of nitrogens with one attached hydrogen (secondary N) is 2. The van der Waals surface area contributed by atoms with Crippen molar-refractivity contribution in [1.82, 2.24) is 20.4 Å². The van der Waals surface area contributed by atoms with E-state index in [1.165, 1.54) is 4.90 Å². The third-order valence-corrected chi connectivity index (χ3v) is 5.76. The smallest absolute Gasteiger partial charge is 0.249 e. The molecule has 1 aliphatic heterocycles. The van der Waals surface area contributed by atoms with Crippen LogP contribution in [0.3, 0.4) is 0 Å². The molecule has 0 aromatic rings. The highest BCUT2D eigenvalue weighted by atomic mass is 16.3. The van der Waals surface area contributed by atoms with Gasteiger partial charge < -0.3 is 25.5 Å². The van der Waals surface area contributed by atoms with E-state index in [9.17, 15) is 24.3 Å². The number of aliphatic hydroxyl groups is 1. The normalized spacial score (nSPS) is 18.7. The second-order valence-electron chi connectivity index (χ2n) is 8.79. The van der Waals surface area contributed by atoms with Gasteiger partial charge in [-0.1, -0.05) is 33.8 Å². The van der Waals surface area contributed by atoms with E-state index >= 15 is 0 Å². The summed E-state index contributed by atoms with van der Waals surface area (Å²) in [5, 5.41) is 14.7. The first-order valence-electron chi connectivity index (χ1n) is 10.9. The van der Waals surface area contributed by atoms with Gasteiger partial charge in [0.05, 0.1) is 25.2 Å². The lowest BCUT2D eigenvalue weighted by Crippen LogP contribution is -2.51. The molecule has 3 atom stereocenters. The fraction of sp³-hybridized carbons (Fsp3) is 0.727. The third-order valence-electron chi connectivity index (χ3n) is 5.76. The lowest BCUT2D eigenvalue weighted by molar-refractivity contribution is -0.136. The Hall–Kier alpha value is -2.42. The minimum Gasteiger partial charge on any atom is -0.394 e. The zero-order chi connectivity index (χ0) is 23.7. The van der Waals surface area contributed by atoms with Crippen LogP contribution in [0, 0.1) is 11.8 Å². The maximum Gasteiger partial charge on any atom is 0.249 e. The number of carbonyl (C=O) groups excluding carboxylic acids is 4. The predicted octanol–water partition coefficient (Wildman–Crippen LogP) is 0.286. The standard InChI is InChI=1S/C22H38N4O5/c1-14(2)17(12-27)24-21(30)18-8-7-9-26(18)22(31)16(5)10-19(15(3)4)25(6)20(29)11-23-13-28/h10,13-15,17-19,27H,7-9,11-12H2,1-6H3,(H,23,28)(H,24,30)/t17?,18-,19?/m0/s1. The van der Waals surface area contributed by atoms with E-state index in [1.54, 1.807) is 24.9 Å². The maximum absolute atomic E-state index is 13.1. The largest absolute Gasteiger partial charge is 0.394 e. The number of likely N-dealkylation sites (tertiary alicyclic amines) is 1. The fourth-order valence-electron chi connectivity index (χ4n) is 3.71. The summed E-state index contributed by atoms with van der Waals surface area (Å²) in [4.78, 5) is 51.7. The molecule has 1 saturated heterocycles. The minimum atomic E-state index is -0.572. The number of nitrogens with zero attached hydrogens (tertiary/aromatic N) is 2. The van der Waals surface area contributed by atoms with Crippen molar-refractivity contribution in [3.8, 4) is 0 Å². The second-order valence-corrected chi connectivity index (χ2v) is 8.79. The topological polar surface area (TPSA) is 119 Å². The molecule has 9 nitrogen and oxygen atoms in total. The van der Waals surface area contributed by atoms with Crippen LogP contribution in [0.4, 0.5) is 0 Å². The molecule has 0 aromatic heterocycles. The van der Waals surface area contributed by atoms with Crippen molar-refractivity contribution in [2.45, 2.75) is 65.6 Å². The lowest BCUT2D eigenvalue weighted by Gasteiger charge is -2.31. The van der Waals surface area contributed by atoms with Crippen molar-refractivity contribution in [2.24, 2.45) is 11.8 Å². The summed E-state index contributed by atoms with van der Waals surface area (Å²) in [5.41, 5.74) is 0.462. The summed E-state index contributed by atoms with van der Waals surface area (Å²) in [6, 6.07) is -1.26. The lowest BCUT2D eigenvalue weighted by atomic mass is 9.99. The monoisotopic (exact) mass is 438 g/mol. The molecule has 0 spiro atoms. The Morgan fingerprint density at radius 1 is 1.19 bits per heavy atom. The van der Waals surface area contributed by atoms with E-state index in [0.717, 1.165) is 6.42 Å². The first kappa shape index (κ1) is 26.6. The number of carbonyl (C=O) groups is 4. The summed E-state index contributed by atoms with van der Waals surface area (Å²) >= 11 is 0. The predicted molar refractivity (Wildman–Crippen MR) is 118 cm³/mol. The Labute approximate surface area is 185 Å². The van der Waals surface area contributed by atoms with Crippen LogP contribution in [0.1, 0.15) is 47.5 Å². The molecule has 9 heteroatoms. The number of rotatable bonds is 11. The van der Waals surface area contributed by atoms with Crippen molar-refractivity contribution in [3.63, 3.8) is 0 Å². The average molecular weight is 439 g/mol. The maximum atomic E-state index is 13.1. The van der Waals surface area contributed by atoms with Gasteiger partial charge in [-0.3, -0.25) is 19.2 Å². The number of likely N-dealkylation sites (N-methyl/N-ethyl adjacent to an activating group) is 1. The molecule has 176 valence electrons. The van der Waals surface area contributed by atoms with Gasteiger partial charge in [-0.05, 0) is 31.6 Å². The van der Waals surface area contributed by atoms with Crippen molar-refractivity contribution in [3.05, 3.63) is 11.6 Å². The zero-order valence-electron chi connectivity index (χ0n) is 19.6. The van der Waals surface area contributed by atoms with Crippen LogP contribution in [-0.2, 0) is 19.2 Å². The van der Waals surface area contributed by atoms with E-state index in [0.29, 0.717) is 24.9 Å². The van der Waals surface area contributed by atoms with Crippen LogP contribution in [0.5, 0.6) is 0 Å². The van der Waals surface area contributed by atoms with Gasteiger partial charge in [-0.2, -0.15) is 0 Å².